The summed E-state index contributed by atoms with van der Waals surface area (Å²) in [5, 5.41) is 0. The normalized spacial score (nSPS) is 13.2. The van der Waals surface area contributed by atoms with E-state index in [4.69, 9.17) is 11.6 Å². The SMILES string of the molecule is CC(C)C(CCl)Cc1cc(F)cc(Br)c1. The zero-order chi connectivity index (χ0) is 11.4. The van der Waals surface area contributed by atoms with Gasteiger partial charge in [0.15, 0.2) is 0 Å². The van der Waals surface area contributed by atoms with Gasteiger partial charge < -0.3 is 0 Å². The summed E-state index contributed by atoms with van der Waals surface area (Å²) >= 11 is 9.18. The molecule has 1 rings (SSSR count). The molecule has 0 fully saturated rings. The number of alkyl halides is 1. The summed E-state index contributed by atoms with van der Waals surface area (Å²) in [5.74, 6) is 1.34. The van der Waals surface area contributed by atoms with Crippen molar-refractivity contribution in [2.75, 3.05) is 5.88 Å². The third-order valence-electron chi connectivity index (χ3n) is 2.56. The second kappa shape index (κ2) is 5.86. The minimum Gasteiger partial charge on any atom is -0.207 e. The van der Waals surface area contributed by atoms with Crippen LogP contribution in [0.25, 0.3) is 0 Å². The molecule has 0 radical (unpaired) electrons. The van der Waals surface area contributed by atoms with Crippen molar-refractivity contribution in [1.29, 1.82) is 0 Å². The number of rotatable bonds is 4. The molecule has 0 bridgehead atoms. The summed E-state index contributed by atoms with van der Waals surface area (Å²) in [4.78, 5) is 0. The fourth-order valence-electron chi connectivity index (χ4n) is 1.50. The van der Waals surface area contributed by atoms with Crippen LogP contribution < -0.4 is 0 Å². The summed E-state index contributed by atoms with van der Waals surface area (Å²) in [6.45, 7) is 4.28. The van der Waals surface area contributed by atoms with E-state index in [9.17, 15) is 4.39 Å². The van der Waals surface area contributed by atoms with Crippen molar-refractivity contribution in [3.63, 3.8) is 0 Å². The van der Waals surface area contributed by atoms with Crippen molar-refractivity contribution in [1.82, 2.24) is 0 Å². The molecule has 0 aliphatic heterocycles. The highest BCUT2D eigenvalue weighted by Crippen LogP contribution is 2.22. The zero-order valence-corrected chi connectivity index (χ0v) is 11.3. The minimum absolute atomic E-state index is 0.198. The molecular weight excluding hydrogens is 278 g/mol. The highest BCUT2D eigenvalue weighted by molar-refractivity contribution is 9.10. The molecule has 3 heteroatoms. The van der Waals surface area contributed by atoms with Crippen LogP contribution in [0.4, 0.5) is 4.39 Å². The van der Waals surface area contributed by atoms with Gasteiger partial charge >= 0.3 is 0 Å². The van der Waals surface area contributed by atoms with E-state index in [1.54, 1.807) is 6.07 Å². The maximum atomic E-state index is 13.1. The third kappa shape index (κ3) is 4.12. The Morgan fingerprint density at radius 1 is 1.33 bits per heavy atom. The van der Waals surface area contributed by atoms with Crippen molar-refractivity contribution >= 4 is 27.5 Å². The van der Waals surface area contributed by atoms with E-state index in [0.29, 0.717) is 17.7 Å². The fourth-order valence-corrected chi connectivity index (χ4v) is 2.48. The van der Waals surface area contributed by atoms with E-state index >= 15 is 0 Å². The first-order chi connectivity index (χ1) is 7.02. The van der Waals surface area contributed by atoms with Crippen LogP contribution in [0.5, 0.6) is 0 Å². The average molecular weight is 294 g/mol. The Balaban J connectivity index is 2.79. The molecule has 0 saturated carbocycles. The summed E-state index contributed by atoms with van der Waals surface area (Å²) in [5.41, 5.74) is 1.00. The van der Waals surface area contributed by atoms with Crippen molar-refractivity contribution < 1.29 is 4.39 Å². The maximum absolute atomic E-state index is 13.1. The maximum Gasteiger partial charge on any atom is 0.124 e. The van der Waals surface area contributed by atoms with E-state index in [1.807, 2.05) is 6.07 Å². The number of benzene rings is 1. The molecule has 0 nitrogen and oxygen atoms in total. The highest BCUT2D eigenvalue weighted by atomic mass is 79.9. The molecule has 15 heavy (non-hydrogen) atoms. The molecule has 84 valence electrons. The Morgan fingerprint density at radius 2 is 2.00 bits per heavy atom. The van der Waals surface area contributed by atoms with Gasteiger partial charge in [-0.1, -0.05) is 29.8 Å². The quantitative estimate of drug-likeness (QED) is 0.709. The number of hydrogen-bond acceptors (Lipinski definition) is 0. The lowest BCUT2D eigenvalue weighted by Crippen LogP contribution is -2.13. The summed E-state index contributed by atoms with van der Waals surface area (Å²) in [6, 6.07) is 4.99. The molecule has 0 aliphatic carbocycles. The first kappa shape index (κ1) is 13.0. The lowest BCUT2D eigenvalue weighted by molar-refractivity contribution is 0.421. The van der Waals surface area contributed by atoms with Gasteiger partial charge in [0.05, 0.1) is 0 Å². The van der Waals surface area contributed by atoms with Gasteiger partial charge in [-0.25, -0.2) is 4.39 Å². The highest BCUT2D eigenvalue weighted by Gasteiger charge is 2.13. The smallest absolute Gasteiger partial charge is 0.124 e. The molecule has 0 amide bonds. The largest absolute Gasteiger partial charge is 0.207 e. The van der Waals surface area contributed by atoms with Crippen molar-refractivity contribution in [2.24, 2.45) is 11.8 Å². The molecule has 0 heterocycles. The fraction of sp³-hybridized carbons (Fsp3) is 0.500. The van der Waals surface area contributed by atoms with Gasteiger partial charge in [-0.3, -0.25) is 0 Å². The van der Waals surface area contributed by atoms with E-state index in [-0.39, 0.29) is 5.82 Å². The molecule has 0 spiro atoms. The Hall–Kier alpha value is -0.0800. The second-order valence-corrected chi connectivity index (χ2v) is 5.36. The van der Waals surface area contributed by atoms with Crippen molar-refractivity contribution in [3.05, 3.63) is 34.1 Å². The Morgan fingerprint density at radius 3 is 2.47 bits per heavy atom. The van der Waals surface area contributed by atoms with Gasteiger partial charge in [0.25, 0.3) is 0 Å². The van der Waals surface area contributed by atoms with Crippen LogP contribution in [0.15, 0.2) is 22.7 Å². The lowest BCUT2D eigenvalue weighted by atomic mass is 9.91. The van der Waals surface area contributed by atoms with Gasteiger partial charge in [-0.15, -0.1) is 11.6 Å². The van der Waals surface area contributed by atoms with Crippen LogP contribution >= 0.6 is 27.5 Å². The van der Waals surface area contributed by atoms with Crippen LogP contribution in [0.2, 0.25) is 0 Å². The summed E-state index contributed by atoms with van der Waals surface area (Å²) in [7, 11) is 0. The first-order valence-corrected chi connectivity index (χ1v) is 6.36. The minimum atomic E-state index is -0.198. The third-order valence-corrected chi connectivity index (χ3v) is 3.42. The monoisotopic (exact) mass is 292 g/mol. The molecule has 1 aromatic carbocycles. The van der Waals surface area contributed by atoms with Crippen LogP contribution in [0, 0.1) is 17.7 Å². The van der Waals surface area contributed by atoms with Crippen molar-refractivity contribution in [2.45, 2.75) is 20.3 Å². The van der Waals surface area contributed by atoms with Gasteiger partial charge in [-0.05, 0) is 42.0 Å². The topological polar surface area (TPSA) is 0 Å². The van der Waals surface area contributed by atoms with E-state index in [1.165, 1.54) is 6.07 Å². The van der Waals surface area contributed by atoms with E-state index in [0.717, 1.165) is 16.5 Å². The Kier molecular flexibility index (Phi) is 5.07. The molecular formula is C12H15BrClF. The Labute approximate surface area is 104 Å². The van der Waals surface area contributed by atoms with E-state index in [2.05, 4.69) is 29.8 Å². The molecule has 1 aromatic rings. The standard InChI is InChI=1S/C12H15BrClF/c1-8(2)10(7-14)3-9-4-11(13)6-12(15)5-9/h4-6,8,10H,3,7H2,1-2H3. The predicted molar refractivity (Wildman–Crippen MR) is 66.9 cm³/mol. The molecule has 1 unspecified atom stereocenters. The van der Waals surface area contributed by atoms with Crippen molar-refractivity contribution in [3.8, 4) is 0 Å². The number of halogens is 3. The van der Waals surface area contributed by atoms with Gasteiger partial charge in [0.1, 0.15) is 5.82 Å². The van der Waals surface area contributed by atoms with Crippen LogP contribution in [0.3, 0.4) is 0 Å². The second-order valence-electron chi connectivity index (χ2n) is 4.14. The van der Waals surface area contributed by atoms with Gasteiger partial charge in [0, 0.05) is 10.4 Å². The average Bonchev–Trinajstić information content (AvgIpc) is 2.12. The van der Waals surface area contributed by atoms with Gasteiger partial charge in [-0.2, -0.15) is 0 Å². The zero-order valence-electron chi connectivity index (χ0n) is 8.93. The predicted octanol–water partition coefficient (Wildman–Crippen LogP) is 4.64. The van der Waals surface area contributed by atoms with Crippen LogP contribution in [-0.2, 0) is 6.42 Å². The van der Waals surface area contributed by atoms with Crippen LogP contribution in [0.1, 0.15) is 19.4 Å². The summed E-state index contributed by atoms with van der Waals surface area (Å²) < 4.78 is 13.9. The Bertz CT molecular complexity index is 305. The molecule has 1 atom stereocenters. The number of hydrogen-bond donors (Lipinski definition) is 0. The molecule has 0 aliphatic rings. The first-order valence-electron chi connectivity index (χ1n) is 5.04. The lowest BCUT2D eigenvalue weighted by Gasteiger charge is -2.18. The van der Waals surface area contributed by atoms with E-state index < -0.39 is 0 Å². The molecule has 0 saturated heterocycles. The summed E-state index contributed by atoms with van der Waals surface area (Å²) in [6.07, 6.45) is 0.831. The van der Waals surface area contributed by atoms with Gasteiger partial charge in [0.2, 0.25) is 0 Å². The van der Waals surface area contributed by atoms with Crippen LogP contribution in [-0.4, -0.2) is 5.88 Å². The molecule has 0 aromatic heterocycles. The molecule has 0 N–H and O–H groups in total.